The Morgan fingerprint density at radius 1 is 1.47 bits per heavy atom. The lowest BCUT2D eigenvalue weighted by Crippen LogP contribution is -2.34. The van der Waals surface area contributed by atoms with Gasteiger partial charge in [0.05, 0.1) is 0 Å². The predicted molar refractivity (Wildman–Crippen MR) is 59.3 cm³/mol. The zero-order valence-corrected chi connectivity index (χ0v) is 8.90. The molecule has 2 aromatic rings. The molecule has 17 heavy (non-hydrogen) atoms. The average Bonchev–Trinajstić information content (AvgIpc) is 2.94. The average molecular weight is 237 g/mol. The van der Waals surface area contributed by atoms with Gasteiger partial charge in [-0.15, -0.1) is 0 Å². The van der Waals surface area contributed by atoms with E-state index in [1.165, 1.54) is 0 Å². The summed E-state index contributed by atoms with van der Waals surface area (Å²) in [6.45, 7) is 1.62. The fraction of sp³-hybridized carbons (Fsp3) is 0.444. The van der Waals surface area contributed by atoms with E-state index in [9.17, 15) is 9.59 Å². The predicted octanol–water partition coefficient (Wildman–Crippen LogP) is -1.53. The molecule has 0 amide bonds. The standard InChI is InChI=1S/C9H11N5O3/c10-14-8-5(7(15)12-9(14)16)6(13-17-8)4-1-2-11-3-4/h4,11H,1-3,10H2,(H,12,15,16). The first kappa shape index (κ1) is 10.1. The van der Waals surface area contributed by atoms with Crippen molar-refractivity contribution in [1.82, 2.24) is 20.1 Å². The Morgan fingerprint density at radius 2 is 2.29 bits per heavy atom. The number of rotatable bonds is 1. The first-order valence-electron chi connectivity index (χ1n) is 5.29. The molecule has 0 spiro atoms. The molecule has 3 rings (SSSR count). The van der Waals surface area contributed by atoms with Crippen LogP contribution in [0.15, 0.2) is 14.1 Å². The Labute approximate surface area is 94.4 Å². The molecule has 0 saturated carbocycles. The number of hydrogen-bond donors (Lipinski definition) is 3. The lowest BCUT2D eigenvalue weighted by Gasteiger charge is -2.02. The summed E-state index contributed by atoms with van der Waals surface area (Å²) in [5.41, 5.74) is -0.643. The highest BCUT2D eigenvalue weighted by atomic mass is 16.5. The van der Waals surface area contributed by atoms with Gasteiger partial charge in [-0.25, -0.2) is 4.79 Å². The molecule has 0 aliphatic carbocycles. The maximum Gasteiger partial charge on any atom is 0.349 e. The van der Waals surface area contributed by atoms with Crippen LogP contribution in [0.2, 0.25) is 0 Å². The quantitative estimate of drug-likeness (QED) is 0.517. The first-order chi connectivity index (χ1) is 8.18. The molecule has 1 atom stereocenters. The van der Waals surface area contributed by atoms with Crippen LogP contribution in [0.5, 0.6) is 0 Å². The van der Waals surface area contributed by atoms with E-state index in [0.29, 0.717) is 5.69 Å². The maximum atomic E-state index is 11.7. The third-order valence-corrected chi connectivity index (χ3v) is 3.03. The third kappa shape index (κ3) is 1.37. The number of nitrogens with two attached hydrogens (primary N) is 1. The largest absolute Gasteiger partial charge is 0.349 e. The van der Waals surface area contributed by atoms with Crippen LogP contribution < -0.4 is 22.4 Å². The monoisotopic (exact) mass is 237 g/mol. The molecule has 2 aromatic heterocycles. The van der Waals surface area contributed by atoms with Crippen molar-refractivity contribution < 1.29 is 4.52 Å². The van der Waals surface area contributed by atoms with Crippen molar-refractivity contribution >= 4 is 11.1 Å². The molecule has 8 heteroatoms. The highest BCUT2D eigenvalue weighted by Gasteiger charge is 2.25. The normalized spacial score (nSPS) is 20.1. The number of nitrogens with one attached hydrogen (secondary N) is 2. The summed E-state index contributed by atoms with van der Waals surface area (Å²) >= 11 is 0. The van der Waals surface area contributed by atoms with E-state index in [4.69, 9.17) is 10.4 Å². The fourth-order valence-electron chi connectivity index (χ4n) is 2.15. The third-order valence-electron chi connectivity index (χ3n) is 3.03. The van der Waals surface area contributed by atoms with Crippen molar-refractivity contribution in [3.05, 3.63) is 26.5 Å². The summed E-state index contributed by atoms with van der Waals surface area (Å²) in [5.74, 6) is 5.60. The highest BCUT2D eigenvalue weighted by Crippen LogP contribution is 2.25. The van der Waals surface area contributed by atoms with Crippen LogP contribution >= 0.6 is 0 Å². The van der Waals surface area contributed by atoms with Gasteiger partial charge >= 0.3 is 5.69 Å². The number of fused-ring (bicyclic) bond motifs is 1. The minimum absolute atomic E-state index is 0.0145. The molecule has 3 heterocycles. The Balaban J connectivity index is 2.32. The van der Waals surface area contributed by atoms with E-state index in [1.54, 1.807) is 0 Å². The molecule has 1 aliphatic rings. The van der Waals surface area contributed by atoms with Crippen LogP contribution in [0.1, 0.15) is 18.0 Å². The first-order valence-corrected chi connectivity index (χ1v) is 5.29. The maximum absolute atomic E-state index is 11.7. The van der Waals surface area contributed by atoms with E-state index < -0.39 is 11.2 Å². The molecule has 0 radical (unpaired) electrons. The fourth-order valence-corrected chi connectivity index (χ4v) is 2.15. The van der Waals surface area contributed by atoms with Crippen molar-refractivity contribution in [2.45, 2.75) is 12.3 Å². The van der Waals surface area contributed by atoms with Crippen LogP contribution in [-0.2, 0) is 0 Å². The minimum atomic E-state index is -0.713. The summed E-state index contributed by atoms with van der Waals surface area (Å²) in [4.78, 5) is 25.2. The van der Waals surface area contributed by atoms with Gasteiger partial charge in [0.2, 0.25) is 0 Å². The minimum Gasteiger partial charge on any atom is -0.335 e. The van der Waals surface area contributed by atoms with Crippen LogP contribution in [0, 0.1) is 0 Å². The number of nitrogens with zero attached hydrogens (tertiary/aromatic N) is 2. The van der Waals surface area contributed by atoms with Crippen LogP contribution in [0.3, 0.4) is 0 Å². The van der Waals surface area contributed by atoms with Gasteiger partial charge in [-0.1, -0.05) is 5.16 Å². The molecule has 1 fully saturated rings. The summed E-state index contributed by atoms with van der Waals surface area (Å²) in [7, 11) is 0. The lowest BCUT2D eigenvalue weighted by molar-refractivity contribution is 0.424. The molecule has 0 aromatic carbocycles. The molecular formula is C9H11N5O3. The number of aromatic nitrogens is 3. The number of nitrogen functional groups attached to an aromatic ring is 1. The Kier molecular flexibility index (Phi) is 2.05. The second kappa shape index (κ2) is 3.45. The second-order valence-electron chi connectivity index (χ2n) is 4.07. The number of H-pyrrole nitrogens is 1. The molecule has 1 aliphatic heterocycles. The topological polar surface area (TPSA) is 119 Å². The zero-order chi connectivity index (χ0) is 12.0. The van der Waals surface area contributed by atoms with E-state index in [2.05, 4.69) is 15.5 Å². The summed E-state index contributed by atoms with van der Waals surface area (Å²) in [6, 6.07) is 0. The van der Waals surface area contributed by atoms with E-state index >= 15 is 0 Å². The summed E-state index contributed by atoms with van der Waals surface area (Å²) in [6.07, 6.45) is 0.880. The Hall–Kier alpha value is -2.09. The van der Waals surface area contributed by atoms with Gasteiger partial charge in [-0.3, -0.25) is 9.78 Å². The van der Waals surface area contributed by atoms with Crippen molar-refractivity contribution in [3.63, 3.8) is 0 Å². The van der Waals surface area contributed by atoms with Gasteiger partial charge in [-0.05, 0) is 13.0 Å². The van der Waals surface area contributed by atoms with Gasteiger partial charge in [0.15, 0.2) is 0 Å². The molecule has 8 nitrogen and oxygen atoms in total. The van der Waals surface area contributed by atoms with E-state index in [0.717, 1.165) is 24.2 Å². The lowest BCUT2D eigenvalue weighted by atomic mass is 10.0. The van der Waals surface area contributed by atoms with Crippen molar-refractivity contribution in [2.24, 2.45) is 0 Å². The second-order valence-corrected chi connectivity index (χ2v) is 4.07. The summed E-state index contributed by atoms with van der Waals surface area (Å²) in [5, 5.41) is 7.31. The molecule has 1 unspecified atom stereocenters. The van der Waals surface area contributed by atoms with Crippen molar-refractivity contribution in [2.75, 3.05) is 18.9 Å². The van der Waals surface area contributed by atoms with Crippen LogP contribution in [0.4, 0.5) is 0 Å². The van der Waals surface area contributed by atoms with Crippen LogP contribution in [0.25, 0.3) is 11.1 Å². The molecule has 90 valence electrons. The Bertz CT molecular complexity index is 676. The van der Waals surface area contributed by atoms with Gasteiger partial charge in [0, 0.05) is 12.5 Å². The molecule has 0 bridgehead atoms. The molecular weight excluding hydrogens is 226 g/mol. The van der Waals surface area contributed by atoms with Crippen molar-refractivity contribution in [3.8, 4) is 0 Å². The molecule has 1 saturated heterocycles. The van der Waals surface area contributed by atoms with E-state index in [-0.39, 0.29) is 17.0 Å². The van der Waals surface area contributed by atoms with E-state index in [1.807, 2.05) is 0 Å². The Morgan fingerprint density at radius 3 is 3.00 bits per heavy atom. The molecule has 4 N–H and O–H groups in total. The van der Waals surface area contributed by atoms with Gasteiger partial charge in [0.1, 0.15) is 11.1 Å². The zero-order valence-electron chi connectivity index (χ0n) is 8.90. The highest BCUT2D eigenvalue weighted by molar-refractivity contribution is 5.75. The van der Waals surface area contributed by atoms with Gasteiger partial charge < -0.3 is 15.7 Å². The van der Waals surface area contributed by atoms with Crippen LogP contribution in [-0.4, -0.2) is 27.9 Å². The number of aromatic amines is 1. The summed E-state index contributed by atoms with van der Waals surface area (Å²) < 4.78 is 5.75. The van der Waals surface area contributed by atoms with Gasteiger partial charge in [-0.2, -0.15) is 4.68 Å². The van der Waals surface area contributed by atoms with Gasteiger partial charge in [0.25, 0.3) is 11.3 Å². The SMILES string of the molecule is Nn1c(=O)[nH]c(=O)c2c(C3CCNC3)noc21. The van der Waals surface area contributed by atoms with Crippen molar-refractivity contribution in [1.29, 1.82) is 0 Å². The smallest absolute Gasteiger partial charge is 0.335 e. The number of hydrogen-bond acceptors (Lipinski definition) is 6.